The monoisotopic (exact) mass is 277 g/mol. The third-order valence-corrected chi connectivity index (χ3v) is 3.74. The highest BCUT2D eigenvalue weighted by Gasteiger charge is 2.24. The highest BCUT2D eigenvalue weighted by Crippen LogP contribution is 2.28. The van der Waals surface area contributed by atoms with E-state index in [4.69, 9.17) is 5.26 Å². The Kier molecular flexibility index (Phi) is 4.55. The molecule has 0 saturated heterocycles. The summed E-state index contributed by atoms with van der Waals surface area (Å²) in [6, 6.07) is 15.7. The van der Waals surface area contributed by atoms with E-state index < -0.39 is 5.92 Å². The van der Waals surface area contributed by atoms with Crippen LogP contribution in [-0.2, 0) is 0 Å². The number of Topliss-reactive ketones (excluding diaryl/α,β-unsaturated/α-hetero) is 1. The summed E-state index contributed by atoms with van der Waals surface area (Å²) in [6.07, 6.45) is 0.204. The number of carbonyl (C=O) groups is 1. The molecule has 0 aliphatic heterocycles. The third kappa shape index (κ3) is 3.20. The van der Waals surface area contributed by atoms with E-state index in [-0.39, 0.29) is 12.2 Å². The van der Waals surface area contributed by atoms with Gasteiger partial charge in [0.1, 0.15) is 0 Å². The number of aryl methyl sites for hydroxylation is 3. The van der Waals surface area contributed by atoms with Gasteiger partial charge in [0.15, 0.2) is 5.78 Å². The molecule has 1 unspecified atom stereocenters. The van der Waals surface area contributed by atoms with Crippen LogP contribution in [0.4, 0.5) is 0 Å². The van der Waals surface area contributed by atoms with E-state index >= 15 is 0 Å². The average molecular weight is 277 g/mol. The van der Waals surface area contributed by atoms with Gasteiger partial charge in [-0.15, -0.1) is 0 Å². The molecule has 2 nitrogen and oxygen atoms in total. The highest BCUT2D eigenvalue weighted by atomic mass is 16.1. The molecule has 2 heteroatoms. The molecule has 21 heavy (non-hydrogen) atoms. The first-order chi connectivity index (χ1) is 10.0. The van der Waals surface area contributed by atoms with Gasteiger partial charge in [-0.3, -0.25) is 4.79 Å². The predicted octanol–water partition coefficient (Wildman–Crippen LogP) is 4.49. The summed E-state index contributed by atoms with van der Waals surface area (Å²) in [6.45, 7) is 5.95. The van der Waals surface area contributed by atoms with E-state index in [1.807, 2.05) is 63.2 Å². The van der Waals surface area contributed by atoms with Crippen molar-refractivity contribution < 1.29 is 4.79 Å². The number of benzene rings is 2. The molecule has 0 N–H and O–H groups in total. The number of ketones is 1. The van der Waals surface area contributed by atoms with Crippen molar-refractivity contribution in [3.63, 3.8) is 0 Å². The van der Waals surface area contributed by atoms with Crippen LogP contribution in [0.2, 0.25) is 0 Å². The minimum absolute atomic E-state index is 0.0396. The van der Waals surface area contributed by atoms with Gasteiger partial charge in [0, 0.05) is 12.0 Å². The Hall–Kier alpha value is -2.40. The van der Waals surface area contributed by atoms with Crippen molar-refractivity contribution in [3.05, 3.63) is 70.3 Å². The van der Waals surface area contributed by atoms with Crippen LogP contribution in [0, 0.1) is 32.1 Å². The summed E-state index contributed by atoms with van der Waals surface area (Å²) in [5.41, 5.74) is 4.78. The normalized spacial score (nSPS) is 11.7. The average Bonchev–Trinajstić information content (AvgIpc) is 2.44. The lowest BCUT2D eigenvalue weighted by Gasteiger charge is -2.17. The minimum Gasteiger partial charge on any atom is -0.293 e. The van der Waals surface area contributed by atoms with Gasteiger partial charge in [-0.25, -0.2) is 0 Å². The van der Waals surface area contributed by atoms with E-state index in [1.165, 1.54) is 0 Å². The fourth-order valence-corrected chi connectivity index (χ4v) is 2.88. The van der Waals surface area contributed by atoms with E-state index in [0.29, 0.717) is 0 Å². The van der Waals surface area contributed by atoms with Gasteiger partial charge in [-0.05, 0) is 37.5 Å². The largest absolute Gasteiger partial charge is 0.293 e. The van der Waals surface area contributed by atoms with Gasteiger partial charge in [0.05, 0.1) is 12.0 Å². The fraction of sp³-hybridized carbons (Fsp3) is 0.263. The van der Waals surface area contributed by atoms with Crippen molar-refractivity contribution in [2.24, 2.45) is 0 Å². The van der Waals surface area contributed by atoms with Crippen LogP contribution in [0.15, 0.2) is 42.5 Å². The van der Waals surface area contributed by atoms with E-state index in [9.17, 15) is 4.79 Å². The number of nitrogens with zero attached hydrogens (tertiary/aromatic N) is 1. The molecule has 0 spiro atoms. The second-order valence-electron chi connectivity index (χ2n) is 5.46. The van der Waals surface area contributed by atoms with Gasteiger partial charge < -0.3 is 0 Å². The molecule has 2 aromatic carbocycles. The van der Waals surface area contributed by atoms with Crippen LogP contribution in [-0.4, -0.2) is 5.78 Å². The SMILES string of the molecule is Cc1cc(C)c(C(=O)C(CC#N)c2ccccc2)c(C)c1. The Morgan fingerprint density at radius 2 is 1.67 bits per heavy atom. The lowest BCUT2D eigenvalue weighted by Crippen LogP contribution is -2.15. The third-order valence-electron chi connectivity index (χ3n) is 3.74. The molecule has 106 valence electrons. The summed E-state index contributed by atoms with van der Waals surface area (Å²) in [5, 5.41) is 9.07. The molecule has 0 aliphatic carbocycles. The van der Waals surface area contributed by atoms with E-state index in [2.05, 4.69) is 6.07 Å². The van der Waals surface area contributed by atoms with Crippen LogP contribution >= 0.6 is 0 Å². The van der Waals surface area contributed by atoms with Gasteiger partial charge in [0.25, 0.3) is 0 Å². The lowest BCUT2D eigenvalue weighted by atomic mass is 9.84. The van der Waals surface area contributed by atoms with Gasteiger partial charge in [-0.2, -0.15) is 5.26 Å². The summed E-state index contributed by atoms with van der Waals surface area (Å²) in [4.78, 5) is 12.9. The zero-order chi connectivity index (χ0) is 15.4. The van der Waals surface area contributed by atoms with Crippen LogP contribution in [0.5, 0.6) is 0 Å². The first-order valence-corrected chi connectivity index (χ1v) is 7.08. The van der Waals surface area contributed by atoms with Crippen LogP contribution < -0.4 is 0 Å². The van der Waals surface area contributed by atoms with Crippen molar-refractivity contribution in [2.45, 2.75) is 33.1 Å². The van der Waals surface area contributed by atoms with Crippen molar-refractivity contribution in [2.75, 3.05) is 0 Å². The maximum Gasteiger partial charge on any atom is 0.171 e. The number of hydrogen-bond donors (Lipinski definition) is 0. The molecule has 1 atom stereocenters. The van der Waals surface area contributed by atoms with E-state index in [1.54, 1.807) is 0 Å². The maximum absolute atomic E-state index is 12.9. The van der Waals surface area contributed by atoms with Crippen molar-refractivity contribution in [3.8, 4) is 6.07 Å². The van der Waals surface area contributed by atoms with Crippen molar-refractivity contribution in [1.29, 1.82) is 5.26 Å². The quantitative estimate of drug-likeness (QED) is 0.772. The molecule has 2 aromatic rings. The standard InChI is InChI=1S/C19H19NO/c1-13-11-14(2)18(15(3)12-13)19(21)17(9-10-20)16-7-5-4-6-8-16/h4-8,11-12,17H,9H2,1-3H3. The second kappa shape index (κ2) is 6.37. The molecule has 0 amide bonds. The molecule has 0 saturated carbocycles. The van der Waals surface area contributed by atoms with Crippen molar-refractivity contribution in [1.82, 2.24) is 0 Å². The summed E-state index contributed by atoms with van der Waals surface area (Å²) in [7, 11) is 0. The Morgan fingerprint density at radius 1 is 1.10 bits per heavy atom. The highest BCUT2D eigenvalue weighted by molar-refractivity contribution is 6.03. The van der Waals surface area contributed by atoms with Gasteiger partial charge in [0.2, 0.25) is 0 Å². The first kappa shape index (κ1) is 15.0. The molecule has 0 aliphatic rings. The Labute approximate surface area is 126 Å². The Bertz CT molecular complexity index is 672. The Balaban J connectivity index is 2.48. The Morgan fingerprint density at radius 3 is 2.19 bits per heavy atom. The summed E-state index contributed by atoms with van der Waals surface area (Å²) in [5.74, 6) is -0.353. The molecule has 0 aromatic heterocycles. The smallest absolute Gasteiger partial charge is 0.171 e. The first-order valence-electron chi connectivity index (χ1n) is 7.08. The topological polar surface area (TPSA) is 40.9 Å². The molecular weight excluding hydrogens is 258 g/mol. The molecule has 0 bridgehead atoms. The van der Waals surface area contributed by atoms with E-state index in [0.717, 1.165) is 27.8 Å². The van der Waals surface area contributed by atoms with Crippen LogP contribution in [0.3, 0.4) is 0 Å². The molecule has 0 radical (unpaired) electrons. The molecule has 0 fully saturated rings. The second-order valence-corrected chi connectivity index (χ2v) is 5.46. The van der Waals surface area contributed by atoms with Crippen LogP contribution in [0.25, 0.3) is 0 Å². The summed E-state index contributed by atoms with van der Waals surface area (Å²) >= 11 is 0. The number of hydrogen-bond acceptors (Lipinski definition) is 2. The summed E-state index contributed by atoms with van der Waals surface area (Å²) < 4.78 is 0. The molecule has 0 heterocycles. The number of nitriles is 1. The van der Waals surface area contributed by atoms with Gasteiger partial charge >= 0.3 is 0 Å². The molecular formula is C19H19NO. The zero-order valence-corrected chi connectivity index (χ0v) is 12.7. The van der Waals surface area contributed by atoms with Gasteiger partial charge in [-0.1, -0.05) is 48.0 Å². The minimum atomic E-state index is -0.392. The number of rotatable bonds is 4. The van der Waals surface area contributed by atoms with Crippen LogP contribution in [0.1, 0.15) is 45.0 Å². The molecule has 2 rings (SSSR count). The lowest BCUT2D eigenvalue weighted by molar-refractivity contribution is 0.0959. The predicted molar refractivity (Wildman–Crippen MR) is 84.4 cm³/mol. The van der Waals surface area contributed by atoms with Crippen molar-refractivity contribution >= 4 is 5.78 Å². The fourth-order valence-electron chi connectivity index (χ4n) is 2.88. The zero-order valence-electron chi connectivity index (χ0n) is 12.7. The number of carbonyl (C=O) groups excluding carboxylic acids is 1. The maximum atomic E-state index is 12.9.